The summed E-state index contributed by atoms with van der Waals surface area (Å²) >= 11 is 0. The molecule has 2 aliphatic rings. The maximum atomic E-state index is 13.8. The Bertz CT molecular complexity index is 2160. The molecule has 5 aromatic rings. The number of aromatic nitrogens is 5. The van der Waals surface area contributed by atoms with Crippen molar-refractivity contribution in [2.45, 2.75) is 90.0 Å². The molecule has 0 spiro atoms. The van der Waals surface area contributed by atoms with Gasteiger partial charge in [-0.15, -0.1) is 10.2 Å². The lowest BCUT2D eigenvalue weighted by atomic mass is 9.85. The largest absolute Gasteiger partial charge is 0.492 e. The van der Waals surface area contributed by atoms with Crippen molar-refractivity contribution in [3.8, 4) is 17.2 Å². The van der Waals surface area contributed by atoms with Crippen LogP contribution in [0.4, 0.5) is 16.6 Å². The minimum Gasteiger partial charge on any atom is -0.492 e. The first-order chi connectivity index (χ1) is 27.0. The number of hydrogen-bond acceptors (Lipinski definition) is 10. The van der Waals surface area contributed by atoms with Crippen molar-refractivity contribution in [2.75, 3.05) is 44.0 Å². The summed E-state index contributed by atoms with van der Waals surface area (Å²) in [4.78, 5) is 29.2. The molecule has 3 aromatic heterocycles. The van der Waals surface area contributed by atoms with Crippen LogP contribution in [-0.4, -0.2) is 81.6 Å². The molecule has 1 aliphatic heterocycles. The molecule has 14 nitrogen and oxygen atoms in total. The molecule has 0 radical (unpaired) electrons. The number of amides is 2. The van der Waals surface area contributed by atoms with Gasteiger partial charge in [0.25, 0.3) is 6.47 Å². The molecule has 7 rings (SSSR count). The van der Waals surface area contributed by atoms with Gasteiger partial charge in [-0.3, -0.25) is 14.5 Å². The van der Waals surface area contributed by atoms with Gasteiger partial charge in [0.15, 0.2) is 5.65 Å². The van der Waals surface area contributed by atoms with E-state index in [-0.39, 0.29) is 30.2 Å². The lowest BCUT2D eigenvalue weighted by molar-refractivity contribution is -0.129. The van der Waals surface area contributed by atoms with Crippen LogP contribution < -0.4 is 25.0 Å². The van der Waals surface area contributed by atoms with E-state index in [1.807, 2.05) is 78.1 Å². The fourth-order valence-corrected chi connectivity index (χ4v) is 7.44. The van der Waals surface area contributed by atoms with Crippen LogP contribution in [0, 0.1) is 0 Å². The van der Waals surface area contributed by atoms with Gasteiger partial charge >= 0.3 is 6.03 Å². The number of carbonyl (C=O) groups excluding carboxylic acids is 2. The monoisotopic (exact) mass is 763 g/mol. The van der Waals surface area contributed by atoms with Crippen LogP contribution in [0.2, 0.25) is 0 Å². The quantitative estimate of drug-likeness (QED) is 0.121. The number of nitrogens with one attached hydrogen (secondary N) is 2. The fourth-order valence-electron chi connectivity index (χ4n) is 7.44. The van der Waals surface area contributed by atoms with Crippen molar-refractivity contribution >= 4 is 29.9 Å². The Morgan fingerprint density at radius 1 is 1.00 bits per heavy atom. The second-order valence-electron chi connectivity index (χ2n) is 16.0. The fraction of sp³-hybridized carbons (Fsp3) is 0.452. The average Bonchev–Trinajstić information content (AvgIpc) is 3.80. The van der Waals surface area contributed by atoms with Crippen molar-refractivity contribution in [3.63, 3.8) is 0 Å². The highest BCUT2D eigenvalue weighted by Gasteiger charge is 2.31. The summed E-state index contributed by atoms with van der Waals surface area (Å²) in [5.41, 5.74) is 4.78. The van der Waals surface area contributed by atoms with E-state index in [0.717, 1.165) is 59.1 Å². The molecule has 296 valence electrons. The highest BCUT2D eigenvalue weighted by molar-refractivity contribution is 5.89. The molecule has 0 bridgehead atoms. The molecule has 56 heavy (non-hydrogen) atoms. The van der Waals surface area contributed by atoms with Crippen LogP contribution in [0.5, 0.6) is 11.5 Å². The summed E-state index contributed by atoms with van der Waals surface area (Å²) in [7, 11) is 3.95. The van der Waals surface area contributed by atoms with E-state index in [1.54, 1.807) is 4.68 Å². The van der Waals surface area contributed by atoms with Gasteiger partial charge in [0.05, 0.1) is 23.6 Å². The number of piperidine rings is 1. The molecule has 2 amide bonds. The Labute approximate surface area is 328 Å². The number of rotatable bonds is 13. The average molecular weight is 764 g/mol. The number of benzene rings is 2. The molecule has 0 saturated carbocycles. The third-order valence-electron chi connectivity index (χ3n) is 10.6. The van der Waals surface area contributed by atoms with Gasteiger partial charge in [-0.25, -0.2) is 9.48 Å². The summed E-state index contributed by atoms with van der Waals surface area (Å²) < 4.78 is 21.6. The normalized spacial score (nSPS) is 18.4. The van der Waals surface area contributed by atoms with Crippen LogP contribution in [0.25, 0.3) is 11.3 Å². The van der Waals surface area contributed by atoms with Gasteiger partial charge in [-0.2, -0.15) is 5.10 Å². The minimum atomic E-state index is -0.346. The molecule has 0 unspecified atom stereocenters. The summed E-state index contributed by atoms with van der Waals surface area (Å²) in [5.74, 6) is 2.67. The van der Waals surface area contributed by atoms with E-state index in [0.29, 0.717) is 55.8 Å². The summed E-state index contributed by atoms with van der Waals surface area (Å²) in [5, 5.41) is 20.2. The van der Waals surface area contributed by atoms with E-state index in [1.165, 1.54) is 6.42 Å². The summed E-state index contributed by atoms with van der Waals surface area (Å²) in [6.07, 6.45) is 6.71. The molecular weight excluding hydrogens is 711 g/mol. The van der Waals surface area contributed by atoms with Crippen molar-refractivity contribution in [1.82, 2.24) is 34.6 Å². The SMILES string of the molecule is C[C@H]1CCCCN1c1nnc2ccc(O[C@@H]3CC[C@H](NC(=O)Nc4cc(C(C)(C)C)nn4-c4ccc(COC=O)c(OCCN(C)C)c4)c4ccccc43)cn12. The number of urea groups is 1. The lowest BCUT2D eigenvalue weighted by Crippen LogP contribution is -2.38. The van der Waals surface area contributed by atoms with Crippen LogP contribution in [0.3, 0.4) is 0 Å². The van der Waals surface area contributed by atoms with Crippen LogP contribution in [0.1, 0.15) is 94.3 Å². The second-order valence-corrected chi connectivity index (χ2v) is 16.0. The number of pyridine rings is 1. The number of anilines is 2. The van der Waals surface area contributed by atoms with Crippen molar-refractivity contribution in [2.24, 2.45) is 0 Å². The zero-order valence-electron chi connectivity index (χ0n) is 33.2. The zero-order valence-corrected chi connectivity index (χ0v) is 33.2. The van der Waals surface area contributed by atoms with Crippen molar-refractivity contribution in [1.29, 1.82) is 0 Å². The Balaban J connectivity index is 1.09. The topological polar surface area (TPSA) is 140 Å². The van der Waals surface area contributed by atoms with Gasteiger partial charge < -0.3 is 29.3 Å². The van der Waals surface area contributed by atoms with E-state index in [4.69, 9.17) is 19.3 Å². The first kappa shape index (κ1) is 38.6. The van der Waals surface area contributed by atoms with Crippen LogP contribution in [-0.2, 0) is 21.6 Å². The first-order valence-electron chi connectivity index (χ1n) is 19.5. The lowest BCUT2D eigenvalue weighted by Gasteiger charge is -2.33. The molecule has 1 aliphatic carbocycles. The van der Waals surface area contributed by atoms with Crippen LogP contribution >= 0.6 is 0 Å². The second kappa shape index (κ2) is 16.6. The van der Waals surface area contributed by atoms with E-state index < -0.39 is 0 Å². The van der Waals surface area contributed by atoms with Crippen molar-refractivity contribution in [3.05, 3.63) is 89.2 Å². The number of ether oxygens (including phenoxy) is 3. The van der Waals surface area contributed by atoms with E-state index in [2.05, 4.69) is 65.6 Å². The Morgan fingerprint density at radius 2 is 1.82 bits per heavy atom. The predicted molar refractivity (Wildman–Crippen MR) is 215 cm³/mol. The minimum absolute atomic E-state index is 0.0754. The number of nitrogens with zero attached hydrogens (tertiary/aromatic N) is 7. The zero-order chi connectivity index (χ0) is 39.4. The first-order valence-corrected chi connectivity index (χ1v) is 19.5. The number of likely N-dealkylation sites (N-methyl/N-ethyl adjacent to an activating group) is 1. The van der Waals surface area contributed by atoms with Gasteiger partial charge in [0.1, 0.15) is 36.6 Å². The Hall–Kier alpha value is -5.63. The Kier molecular flexibility index (Phi) is 11.5. The number of fused-ring (bicyclic) bond motifs is 2. The van der Waals surface area contributed by atoms with Gasteiger partial charge in [0, 0.05) is 42.2 Å². The Morgan fingerprint density at radius 3 is 2.59 bits per heavy atom. The molecule has 14 heteroatoms. The number of carbonyl (C=O) groups is 2. The van der Waals surface area contributed by atoms with Crippen molar-refractivity contribution < 1.29 is 23.8 Å². The summed E-state index contributed by atoms with van der Waals surface area (Å²) in [6, 6.07) is 19.4. The van der Waals surface area contributed by atoms with Crippen LogP contribution in [0.15, 0.2) is 66.9 Å². The molecular formula is C42H53N9O5. The highest BCUT2D eigenvalue weighted by atomic mass is 16.5. The maximum Gasteiger partial charge on any atom is 0.320 e. The van der Waals surface area contributed by atoms with E-state index in [9.17, 15) is 9.59 Å². The smallest absolute Gasteiger partial charge is 0.320 e. The third-order valence-corrected chi connectivity index (χ3v) is 10.6. The predicted octanol–water partition coefficient (Wildman–Crippen LogP) is 6.98. The van der Waals surface area contributed by atoms with Gasteiger partial charge in [0.2, 0.25) is 5.95 Å². The van der Waals surface area contributed by atoms with Gasteiger partial charge in [-0.05, 0) is 88.5 Å². The molecule has 2 aromatic carbocycles. The molecule has 2 N–H and O–H groups in total. The maximum absolute atomic E-state index is 13.8. The third kappa shape index (κ3) is 8.60. The molecule has 4 heterocycles. The molecule has 1 saturated heterocycles. The standard InChI is InChI=1S/C42H53N9O5/c1-28-11-9-10-20-49(28)41-46-45-38-19-16-31(25-50(38)41)56-35-18-17-34(32-12-7-8-13-33(32)35)43-40(53)44-39-24-37(42(2,3)4)47-51(39)30-15-14-29(26-54-27-52)36(23-30)55-22-21-48(5)6/h7-8,12-16,19,23-25,27-28,34-35H,9-11,17-18,20-22,26H2,1-6H3,(H2,43,44,53)/t28-,34-,35+/m0/s1. The van der Waals surface area contributed by atoms with Gasteiger partial charge in [-0.1, -0.05) is 45.0 Å². The number of hydrogen-bond donors (Lipinski definition) is 2. The molecule has 1 fully saturated rings. The van der Waals surface area contributed by atoms with E-state index >= 15 is 0 Å². The summed E-state index contributed by atoms with van der Waals surface area (Å²) in [6.45, 7) is 11.1. The highest BCUT2D eigenvalue weighted by Crippen LogP contribution is 2.39. The molecule has 3 atom stereocenters.